The van der Waals surface area contributed by atoms with Gasteiger partial charge in [-0.15, -0.1) is 11.3 Å². The lowest BCUT2D eigenvalue weighted by atomic mass is 10.2. The number of anilines is 4. The second-order valence-electron chi connectivity index (χ2n) is 5.73. The van der Waals surface area contributed by atoms with Gasteiger partial charge in [-0.25, -0.2) is 4.98 Å². The van der Waals surface area contributed by atoms with Gasteiger partial charge in [-0.3, -0.25) is 4.79 Å². The number of hydrogen-bond donors (Lipinski definition) is 4. The molecule has 0 aliphatic heterocycles. The first kappa shape index (κ1) is 17.0. The zero-order chi connectivity index (χ0) is 18.0. The highest BCUT2D eigenvalue weighted by atomic mass is 32.1. The van der Waals surface area contributed by atoms with Gasteiger partial charge in [-0.1, -0.05) is 25.1 Å². The largest absolute Gasteiger partial charge is 0.397 e. The van der Waals surface area contributed by atoms with E-state index in [9.17, 15) is 4.79 Å². The smallest absolute Gasteiger partial charge is 0.260 e. The van der Waals surface area contributed by atoms with E-state index >= 15 is 0 Å². The molecule has 1 amide bonds. The molecule has 0 fully saturated rings. The molecule has 8 heteroatoms. The van der Waals surface area contributed by atoms with Crippen molar-refractivity contribution in [3.63, 3.8) is 0 Å². The van der Waals surface area contributed by atoms with Crippen LogP contribution in [0.2, 0.25) is 0 Å². The van der Waals surface area contributed by atoms with Crippen molar-refractivity contribution in [2.45, 2.75) is 26.3 Å². The number of fused-ring (bicyclic) bond motifs is 1. The molecule has 3 aromatic rings. The van der Waals surface area contributed by atoms with E-state index in [1.165, 1.54) is 11.3 Å². The molecule has 0 saturated heterocycles. The van der Waals surface area contributed by atoms with Crippen molar-refractivity contribution in [1.82, 2.24) is 9.97 Å². The van der Waals surface area contributed by atoms with E-state index in [0.717, 1.165) is 12.1 Å². The molecule has 1 unspecified atom stereocenters. The van der Waals surface area contributed by atoms with Gasteiger partial charge >= 0.3 is 0 Å². The molecule has 25 heavy (non-hydrogen) atoms. The van der Waals surface area contributed by atoms with Crippen molar-refractivity contribution in [2.75, 3.05) is 16.4 Å². The van der Waals surface area contributed by atoms with Crippen LogP contribution in [0.15, 0.2) is 30.3 Å². The van der Waals surface area contributed by atoms with Crippen LogP contribution in [0.25, 0.3) is 10.2 Å². The van der Waals surface area contributed by atoms with E-state index in [1.807, 2.05) is 30.3 Å². The fourth-order valence-corrected chi connectivity index (χ4v) is 3.29. The highest BCUT2D eigenvalue weighted by molar-refractivity contribution is 7.21. The number of nitrogen functional groups attached to an aromatic ring is 1. The minimum absolute atomic E-state index is 0.218. The Balaban J connectivity index is 2.14. The van der Waals surface area contributed by atoms with Crippen LogP contribution < -0.4 is 22.1 Å². The number of para-hydroxylation sites is 1. The van der Waals surface area contributed by atoms with E-state index in [2.05, 4.69) is 34.4 Å². The number of thiophene rings is 1. The number of amides is 1. The molecule has 3 rings (SSSR count). The lowest BCUT2D eigenvalue weighted by Gasteiger charge is -2.13. The second-order valence-corrected chi connectivity index (χ2v) is 6.73. The number of benzene rings is 1. The normalized spacial score (nSPS) is 12.1. The van der Waals surface area contributed by atoms with Gasteiger partial charge in [0.2, 0.25) is 5.95 Å². The van der Waals surface area contributed by atoms with E-state index in [1.54, 1.807) is 0 Å². The van der Waals surface area contributed by atoms with Crippen molar-refractivity contribution < 1.29 is 4.79 Å². The predicted octanol–water partition coefficient (Wildman–Crippen LogP) is 3.33. The van der Waals surface area contributed by atoms with Crippen molar-refractivity contribution in [3.05, 3.63) is 35.2 Å². The van der Waals surface area contributed by atoms with Gasteiger partial charge in [0.05, 0.1) is 11.1 Å². The summed E-state index contributed by atoms with van der Waals surface area (Å²) in [6.45, 7) is 4.13. The number of hydrogen-bond acceptors (Lipinski definition) is 7. The van der Waals surface area contributed by atoms with Crippen LogP contribution in [0.1, 0.15) is 29.9 Å². The summed E-state index contributed by atoms with van der Waals surface area (Å²) < 4.78 is 0. The maximum Gasteiger partial charge on any atom is 0.260 e. The monoisotopic (exact) mass is 356 g/mol. The molecule has 7 nitrogen and oxygen atoms in total. The molecule has 0 bridgehead atoms. The van der Waals surface area contributed by atoms with Crippen molar-refractivity contribution in [2.24, 2.45) is 5.73 Å². The first-order valence-electron chi connectivity index (χ1n) is 7.98. The van der Waals surface area contributed by atoms with Crippen molar-refractivity contribution >= 4 is 50.6 Å². The predicted molar refractivity (Wildman–Crippen MR) is 103 cm³/mol. The van der Waals surface area contributed by atoms with Crippen LogP contribution in [0.4, 0.5) is 23.1 Å². The summed E-state index contributed by atoms with van der Waals surface area (Å²) in [6, 6.07) is 9.84. The number of carbonyl (C=O) groups is 1. The minimum atomic E-state index is -0.567. The summed E-state index contributed by atoms with van der Waals surface area (Å²) in [4.78, 5) is 21.6. The van der Waals surface area contributed by atoms with Crippen LogP contribution in [0, 0.1) is 0 Å². The lowest BCUT2D eigenvalue weighted by molar-refractivity contribution is 0.100. The maximum atomic E-state index is 11.6. The van der Waals surface area contributed by atoms with Gasteiger partial charge in [-0.05, 0) is 25.5 Å². The Morgan fingerprint density at radius 3 is 2.64 bits per heavy atom. The van der Waals surface area contributed by atoms with Crippen LogP contribution in [0.3, 0.4) is 0 Å². The van der Waals surface area contributed by atoms with Crippen LogP contribution >= 0.6 is 11.3 Å². The lowest BCUT2D eigenvalue weighted by Crippen LogP contribution is -2.16. The Bertz CT molecular complexity index is 908. The third kappa shape index (κ3) is 3.48. The number of nitrogens with two attached hydrogens (primary N) is 2. The van der Waals surface area contributed by atoms with Crippen molar-refractivity contribution in [3.8, 4) is 0 Å². The first-order chi connectivity index (χ1) is 12.0. The Morgan fingerprint density at radius 1 is 1.28 bits per heavy atom. The number of nitrogens with zero attached hydrogens (tertiary/aromatic N) is 2. The molecule has 1 atom stereocenters. The van der Waals surface area contributed by atoms with E-state index in [4.69, 9.17) is 11.5 Å². The summed E-state index contributed by atoms with van der Waals surface area (Å²) in [5.41, 5.74) is 12.7. The molecule has 1 aromatic carbocycles. The third-order valence-electron chi connectivity index (χ3n) is 3.84. The summed E-state index contributed by atoms with van der Waals surface area (Å²) >= 11 is 1.17. The quantitative estimate of drug-likeness (QED) is 0.538. The van der Waals surface area contributed by atoms with Crippen LogP contribution in [0.5, 0.6) is 0 Å². The molecular weight excluding hydrogens is 336 g/mol. The van der Waals surface area contributed by atoms with E-state index in [-0.39, 0.29) is 6.04 Å². The van der Waals surface area contributed by atoms with Crippen LogP contribution in [-0.2, 0) is 0 Å². The van der Waals surface area contributed by atoms with Gasteiger partial charge < -0.3 is 22.1 Å². The molecule has 6 N–H and O–H groups in total. The number of nitrogens with one attached hydrogen (secondary N) is 2. The zero-order valence-electron chi connectivity index (χ0n) is 14.0. The van der Waals surface area contributed by atoms with Gasteiger partial charge in [0.1, 0.15) is 15.5 Å². The topological polar surface area (TPSA) is 119 Å². The SMILES string of the molecule is CCC(C)Nc1nc(Nc2ccccc2)c2c(N)c(C(N)=O)sc2n1. The Labute approximate surface area is 149 Å². The number of primary amides is 1. The Hall–Kier alpha value is -2.87. The van der Waals surface area contributed by atoms with Gasteiger partial charge in [0.25, 0.3) is 5.91 Å². The third-order valence-corrected chi connectivity index (χ3v) is 4.95. The van der Waals surface area contributed by atoms with E-state index in [0.29, 0.717) is 32.5 Å². The second kappa shape index (κ2) is 6.94. The summed E-state index contributed by atoms with van der Waals surface area (Å²) in [5.74, 6) is 0.461. The molecule has 2 aromatic heterocycles. The molecule has 0 radical (unpaired) electrons. The molecular formula is C17H20N6OS. The van der Waals surface area contributed by atoms with Gasteiger partial charge in [0, 0.05) is 11.7 Å². The highest BCUT2D eigenvalue weighted by Crippen LogP contribution is 2.38. The maximum absolute atomic E-state index is 11.6. The summed E-state index contributed by atoms with van der Waals surface area (Å²) in [5, 5.41) is 7.12. The van der Waals surface area contributed by atoms with Crippen LogP contribution in [-0.4, -0.2) is 21.9 Å². The molecule has 2 heterocycles. The molecule has 130 valence electrons. The fourth-order valence-electron chi connectivity index (χ4n) is 2.34. The molecule has 0 aliphatic rings. The molecule has 0 spiro atoms. The first-order valence-corrected chi connectivity index (χ1v) is 8.79. The van der Waals surface area contributed by atoms with Crippen molar-refractivity contribution in [1.29, 1.82) is 0 Å². The summed E-state index contributed by atoms with van der Waals surface area (Å²) in [7, 11) is 0. The standard InChI is InChI=1S/C17H20N6OS/c1-3-9(2)20-17-22-15(21-10-7-5-4-6-8-10)11-12(18)13(14(19)24)25-16(11)23-17/h4-9H,3,18H2,1-2H3,(H2,19,24)(H2,20,21,22,23). The summed E-state index contributed by atoms with van der Waals surface area (Å²) in [6.07, 6.45) is 0.932. The zero-order valence-corrected chi connectivity index (χ0v) is 14.9. The Kier molecular flexibility index (Phi) is 4.71. The highest BCUT2D eigenvalue weighted by Gasteiger charge is 2.20. The number of rotatable bonds is 6. The van der Waals surface area contributed by atoms with Gasteiger partial charge in [-0.2, -0.15) is 4.98 Å². The van der Waals surface area contributed by atoms with Gasteiger partial charge in [0.15, 0.2) is 0 Å². The molecule has 0 aliphatic carbocycles. The number of aromatic nitrogens is 2. The fraction of sp³-hybridized carbons (Fsp3) is 0.235. The van der Waals surface area contributed by atoms with E-state index < -0.39 is 5.91 Å². The number of carbonyl (C=O) groups excluding carboxylic acids is 1. The Morgan fingerprint density at radius 2 is 2.00 bits per heavy atom. The average molecular weight is 356 g/mol. The average Bonchev–Trinajstić information content (AvgIpc) is 2.93. The molecule has 0 saturated carbocycles. The minimum Gasteiger partial charge on any atom is -0.397 e.